The highest BCUT2D eigenvalue weighted by Crippen LogP contribution is 2.60. The lowest BCUT2D eigenvalue weighted by Gasteiger charge is -2.56. The monoisotopic (exact) mass is 457 g/mol. The molecule has 6 aliphatic rings. The zero-order chi connectivity index (χ0) is 22.7. The normalized spacial score (nSPS) is 35.0. The zero-order valence-electron chi connectivity index (χ0n) is 18.9. The molecule has 4 bridgehead atoms. The average molecular weight is 458 g/mol. The van der Waals surface area contributed by atoms with Gasteiger partial charge >= 0.3 is 5.97 Å². The minimum absolute atomic E-state index is 0.0628. The SMILES string of the molecule is O=C(O)C1COCCN1C(=O)c1cc(C2CC2)c(OCC23CC4CC(CC(C4)C2)C3)cc1F. The molecule has 1 aromatic carbocycles. The molecule has 1 amide bonds. The molecular formula is C26H32FNO5. The van der Waals surface area contributed by atoms with E-state index in [2.05, 4.69) is 0 Å². The Morgan fingerprint density at radius 1 is 1.12 bits per heavy atom. The summed E-state index contributed by atoms with van der Waals surface area (Å²) < 4.78 is 26.8. The van der Waals surface area contributed by atoms with Gasteiger partial charge in [0.25, 0.3) is 5.91 Å². The van der Waals surface area contributed by atoms with E-state index in [-0.39, 0.29) is 36.7 Å². The van der Waals surface area contributed by atoms with Crippen molar-refractivity contribution in [1.82, 2.24) is 4.90 Å². The molecule has 1 unspecified atom stereocenters. The number of carboxylic acid groups (broad SMARTS) is 1. The Morgan fingerprint density at radius 2 is 1.79 bits per heavy atom. The number of carbonyl (C=O) groups is 2. The number of carboxylic acids is 1. The summed E-state index contributed by atoms with van der Waals surface area (Å²) in [4.78, 5) is 26.0. The van der Waals surface area contributed by atoms with Crippen LogP contribution in [0.5, 0.6) is 5.75 Å². The van der Waals surface area contributed by atoms with Gasteiger partial charge < -0.3 is 19.5 Å². The first kappa shape index (κ1) is 21.4. The summed E-state index contributed by atoms with van der Waals surface area (Å²) in [5, 5.41) is 9.47. The Morgan fingerprint density at radius 3 is 2.39 bits per heavy atom. The summed E-state index contributed by atoms with van der Waals surface area (Å²) in [6.07, 6.45) is 9.80. The molecule has 5 saturated carbocycles. The van der Waals surface area contributed by atoms with E-state index in [1.165, 1.54) is 49.5 Å². The average Bonchev–Trinajstić information content (AvgIpc) is 3.62. The van der Waals surface area contributed by atoms with Gasteiger partial charge in [-0.2, -0.15) is 0 Å². The first-order chi connectivity index (χ1) is 15.9. The van der Waals surface area contributed by atoms with Crippen LogP contribution in [0.15, 0.2) is 12.1 Å². The van der Waals surface area contributed by atoms with E-state index in [9.17, 15) is 14.7 Å². The van der Waals surface area contributed by atoms with Crippen molar-refractivity contribution in [2.24, 2.45) is 23.2 Å². The van der Waals surface area contributed by atoms with Crippen LogP contribution >= 0.6 is 0 Å². The second-order valence-corrected chi connectivity index (χ2v) is 11.3. The van der Waals surface area contributed by atoms with E-state index in [1.54, 1.807) is 6.07 Å². The van der Waals surface area contributed by atoms with E-state index in [4.69, 9.17) is 9.47 Å². The molecule has 1 N–H and O–H groups in total. The molecule has 7 rings (SSSR count). The van der Waals surface area contributed by atoms with Gasteiger partial charge in [0.15, 0.2) is 6.04 Å². The summed E-state index contributed by atoms with van der Waals surface area (Å²) in [5.41, 5.74) is 1.06. The lowest BCUT2D eigenvalue weighted by atomic mass is 9.50. The highest BCUT2D eigenvalue weighted by atomic mass is 19.1. The van der Waals surface area contributed by atoms with Crippen LogP contribution in [-0.4, -0.2) is 54.3 Å². The van der Waals surface area contributed by atoms with E-state index in [0.717, 1.165) is 36.2 Å². The molecule has 1 saturated heterocycles. The maximum absolute atomic E-state index is 15.2. The van der Waals surface area contributed by atoms with Crippen molar-refractivity contribution in [2.45, 2.75) is 63.3 Å². The van der Waals surface area contributed by atoms with E-state index in [0.29, 0.717) is 12.4 Å². The third-order valence-corrected chi connectivity index (χ3v) is 8.72. The molecule has 1 atom stereocenters. The van der Waals surface area contributed by atoms with Gasteiger partial charge in [0.2, 0.25) is 0 Å². The maximum atomic E-state index is 15.2. The summed E-state index contributed by atoms with van der Waals surface area (Å²) in [6, 6.07) is 1.90. The largest absolute Gasteiger partial charge is 0.493 e. The van der Waals surface area contributed by atoms with Gasteiger partial charge in [-0.25, -0.2) is 9.18 Å². The predicted octanol–water partition coefficient (Wildman–Crippen LogP) is 4.22. The molecule has 0 radical (unpaired) electrons. The van der Waals surface area contributed by atoms with Crippen LogP contribution < -0.4 is 4.74 Å². The summed E-state index contributed by atoms with van der Waals surface area (Å²) >= 11 is 0. The number of hydrogen-bond donors (Lipinski definition) is 1. The van der Waals surface area contributed by atoms with E-state index in [1.807, 2.05) is 0 Å². The standard InChI is InChI=1S/C26H32FNO5/c27-21-9-23(33-14-26-10-15-5-16(11-26)7-17(6-15)12-26)19(18-1-2-18)8-20(21)24(29)28-3-4-32-13-22(28)25(30)31/h8-9,15-18,22H,1-7,10-14H2,(H,30,31). The third-order valence-electron chi connectivity index (χ3n) is 8.72. The Hall–Kier alpha value is -2.15. The van der Waals surface area contributed by atoms with Crippen molar-refractivity contribution in [2.75, 3.05) is 26.4 Å². The highest BCUT2D eigenvalue weighted by Gasteiger charge is 2.51. The van der Waals surface area contributed by atoms with Crippen LogP contribution in [0.25, 0.3) is 0 Å². The molecule has 1 aromatic rings. The highest BCUT2D eigenvalue weighted by molar-refractivity contribution is 5.97. The van der Waals surface area contributed by atoms with Gasteiger partial charge in [-0.1, -0.05) is 0 Å². The van der Waals surface area contributed by atoms with Gasteiger partial charge in [-0.3, -0.25) is 4.79 Å². The fourth-order valence-electron chi connectivity index (χ4n) is 7.48. The Labute approximate surface area is 193 Å². The molecule has 33 heavy (non-hydrogen) atoms. The second-order valence-electron chi connectivity index (χ2n) is 11.3. The quantitative estimate of drug-likeness (QED) is 0.692. The van der Waals surface area contributed by atoms with Gasteiger partial charge in [0.05, 0.1) is 25.4 Å². The molecule has 6 fully saturated rings. The van der Waals surface area contributed by atoms with Crippen LogP contribution in [0.4, 0.5) is 4.39 Å². The summed E-state index contributed by atoms with van der Waals surface area (Å²) in [6.45, 7) is 0.940. The number of benzene rings is 1. The van der Waals surface area contributed by atoms with Crippen LogP contribution in [0.3, 0.4) is 0 Å². The molecule has 0 spiro atoms. The molecule has 6 nitrogen and oxygen atoms in total. The molecule has 0 aromatic heterocycles. The number of nitrogens with zero attached hydrogens (tertiary/aromatic N) is 1. The van der Waals surface area contributed by atoms with Crippen LogP contribution in [0.2, 0.25) is 0 Å². The van der Waals surface area contributed by atoms with Gasteiger partial charge in [0, 0.05) is 18.0 Å². The number of aliphatic carboxylic acids is 1. The molecule has 7 heteroatoms. The van der Waals surface area contributed by atoms with Gasteiger partial charge in [-0.15, -0.1) is 0 Å². The first-order valence-electron chi connectivity index (χ1n) is 12.5. The van der Waals surface area contributed by atoms with Crippen molar-refractivity contribution in [3.05, 3.63) is 29.1 Å². The summed E-state index contributed by atoms with van der Waals surface area (Å²) in [7, 11) is 0. The third kappa shape index (κ3) is 3.92. The van der Waals surface area contributed by atoms with Crippen molar-refractivity contribution >= 4 is 11.9 Å². The van der Waals surface area contributed by atoms with E-state index < -0.39 is 23.7 Å². The second kappa shape index (κ2) is 7.97. The number of carbonyl (C=O) groups excluding carboxylic acids is 1. The minimum atomic E-state index is -1.14. The number of hydrogen-bond acceptors (Lipinski definition) is 4. The fourth-order valence-corrected chi connectivity index (χ4v) is 7.48. The molecule has 178 valence electrons. The number of halogens is 1. The van der Waals surface area contributed by atoms with Gasteiger partial charge in [0.1, 0.15) is 11.6 Å². The topological polar surface area (TPSA) is 76.1 Å². The Bertz CT molecular complexity index is 938. The maximum Gasteiger partial charge on any atom is 0.328 e. The van der Waals surface area contributed by atoms with Crippen LogP contribution in [0.1, 0.15) is 73.2 Å². The molecule has 1 heterocycles. The van der Waals surface area contributed by atoms with Crippen molar-refractivity contribution in [3.8, 4) is 5.75 Å². The summed E-state index contributed by atoms with van der Waals surface area (Å²) in [5.74, 6) is 0.975. The minimum Gasteiger partial charge on any atom is -0.493 e. The number of amides is 1. The smallest absolute Gasteiger partial charge is 0.328 e. The molecule has 5 aliphatic carbocycles. The Kier molecular flexibility index (Phi) is 5.16. The lowest BCUT2D eigenvalue weighted by Crippen LogP contribution is -2.52. The number of rotatable bonds is 6. The predicted molar refractivity (Wildman–Crippen MR) is 118 cm³/mol. The number of ether oxygens (including phenoxy) is 2. The van der Waals surface area contributed by atoms with Crippen molar-refractivity contribution < 1.29 is 28.6 Å². The zero-order valence-corrected chi connectivity index (χ0v) is 18.9. The van der Waals surface area contributed by atoms with Gasteiger partial charge in [-0.05, 0) is 86.7 Å². The van der Waals surface area contributed by atoms with Crippen LogP contribution in [-0.2, 0) is 9.53 Å². The van der Waals surface area contributed by atoms with E-state index >= 15 is 4.39 Å². The first-order valence-corrected chi connectivity index (χ1v) is 12.5. The lowest BCUT2D eigenvalue weighted by molar-refractivity contribution is -0.147. The molecular weight excluding hydrogens is 425 g/mol. The van der Waals surface area contributed by atoms with Crippen molar-refractivity contribution in [1.29, 1.82) is 0 Å². The van der Waals surface area contributed by atoms with Crippen molar-refractivity contribution in [3.63, 3.8) is 0 Å². The van der Waals surface area contributed by atoms with Crippen LogP contribution in [0, 0.1) is 29.0 Å². The number of morpholine rings is 1. The Balaban J connectivity index is 1.24. The molecule has 1 aliphatic heterocycles. The fraction of sp³-hybridized carbons (Fsp3) is 0.692.